The monoisotopic (exact) mass is 407 g/mol. The maximum atomic E-state index is 6.13. The van der Waals surface area contributed by atoms with Gasteiger partial charge in [-0.25, -0.2) is 0 Å². The first-order valence-electron chi connectivity index (χ1n) is 5.41. The van der Waals surface area contributed by atoms with Crippen molar-refractivity contribution in [2.45, 2.75) is 20.4 Å². The first kappa shape index (κ1) is 14.4. The Bertz CT molecular complexity index is 561. The minimum Gasteiger partial charge on any atom is -0.379 e. The number of nitrogens with one attached hydrogen (secondary N) is 1. The van der Waals surface area contributed by atoms with Crippen LogP contribution in [0, 0.1) is 13.8 Å². The molecule has 1 aromatic carbocycles. The Labute approximate surface area is 133 Å². The van der Waals surface area contributed by atoms with E-state index in [1.807, 2.05) is 19.1 Å². The van der Waals surface area contributed by atoms with Gasteiger partial charge in [0.1, 0.15) is 0 Å². The third kappa shape index (κ3) is 3.29. The molecule has 0 fully saturated rings. The zero-order valence-electron chi connectivity index (χ0n) is 9.98. The molecule has 0 aliphatic carbocycles. The molecule has 0 saturated carbocycles. The fourth-order valence-corrected chi connectivity index (χ4v) is 3.87. The van der Waals surface area contributed by atoms with Crippen molar-refractivity contribution in [1.29, 1.82) is 0 Å². The molecule has 1 aromatic heterocycles. The van der Waals surface area contributed by atoms with Crippen LogP contribution in [0.4, 0.5) is 5.69 Å². The molecule has 0 bridgehead atoms. The summed E-state index contributed by atoms with van der Waals surface area (Å²) in [7, 11) is 0. The second-order valence-electron chi connectivity index (χ2n) is 4.05. The Balaban J connectivity index is 2.13. The molecule has 0 atom stereocenters. The summed E-state index contributed by atoms with van der Waals surface area (Å²) in [6.45, 7) is 4.91. The largest absolute Gasteiger partial charge is 0.379 e. The summed E-state index contributed by atoms with van der Waals surface area (Å²) in [5, 5.41) is 4.18. The first-order valence-corrected chi connectivity index (χ1v) is 8.19. The lowest BCUT2D eigenvalue weighted by Gasteiger charge is -2.09. The lowest BCUT2D eigenvalue weighted by molar-refractivity contribution is 1.18. The number of hydrogen-bond acceptors (Lipinski definition) is 2. The Morgan fingerprint density at radius 3 is 2.50 bits per heavy atom. The molecule has 0 aliphatic rings. The van der Waals surface area contributed by atoms with E-state index in [0.29, 0.717) is 0 Å². The molecule has 0 aliphatic heterocycles. The van der Waals surface area contributed by atoms with Gasteiger partial charge in [-0.1, -0.05) is 11.6 Å². The third-order valence-corrected chi connectivity index (χ3v) is 5.81. The number of anilines is 1. The SMILES string of the molecule is Cc1cc(Br)c(NCc2cc(Br)c(C)s2)cc1Cl. The van der Waals surface area contributed by atoms with Gasteiger partial charge in [0.25, 0.3) is 0 Å². The molecule has 0 radical (unpaired) electrons. The molecule has 1 nitrogen and oxygen atoms in total. The lowest BCUT2D eigenvalue weighted by atomic mass is 10.2. The van der Waals surface area contributed by atoms with Crippen molar-refractivity contribution in [2.75, 3.05) is 5.32 Å². The minimum atomic E-state index is 0.782. The normalized spacial score (nSPS) is 10.7. The van der Waals surface area contributed by atoms with Gasteiger partial charge in [-0.05, 0) is 69.5 Å². The molecule has 2 aromatic rings. The van der Waals surface area contributed by atoms with E-state index < -0.39 is 0 Å². The molecule has 96 valence electrons. The van der Waals surface area contributed by atoms with Gasteiger partial charge in [-0.3, -0.25) is 0 Å². The number of halogens is 3. The summed E-state index contributed by atoms with van der Waals surface area (Å²) in [5.41, 5.74) is 2.09. The predicted octanol–water partition coefficient (Wildman–Crippen LogP) is 6.16. The van der Waals surface area contributed by atoms with E-state index >= 15 is 0 Å². The average Bonchev–Trinajstić information content (AvgIpc) is 2.62. The average molecular weight is 410 g/mol. The highest BCUT2D eigenvalue weighted by atomic mass is 79.9. The molecular formula is C13H12Br2ClNS. The second kappa shape index (κ2) is 5.95. The third-order valence-electron chi connectivity index (χ3n) is 2.61. The Morgan fingerprint density at radius 1 is 1.17 bits per heavy atom. The van der Waals surface area contributed by atoms with Gasteiger partial charge in [-0.15, -0.1) is 11.3 Å². The molecule has 0 spiro atoms. The first-order chi connectivity index (χ1) is 8.47. The van der Waals surface area contributed by atoms with Gasteiger partial charge < -0.3 is 5.32 Å². The van der Waals surface area contributed by atoms with Crippen LogP contribution < -0.4 is 5.32 Å². The summed E-state index contributed by atoms with van der Waals surface area (Å²) in [6, 6.07) is 6.13. The number of hydrogen-bond donors (Lipinski definition) is 1. The van der Waals surface area contributed by atoms with Crippen LogP contribution in [0.3, 0.4) is 0 Å². The van der Waals surface area contributed by atoms with Crippen LogP contribution in [0.25, 0.3) is 0 Å². The fraction of sp³-hybridized carbons (Fsp3) is 0.231. The summed E-state index contributed by atoms with van der Waals surface area (Å²) >= 11 is 15.0. The Kier molecular flexibility index (Phi) is 4.75. The van der Waals surface area contributed by atoms with Crippen LogP contribution in [-0.4, -0.2) is 0 Å². The summed E-state index contributed by atoms with van der Waals surface area (Å²) in [4.78, 5) is 2.59. The van der Waals surface area contributed by atoms with Crippen molar-refractivity contribution in [3.63, 3.8) is 0 Å². The van der Waals surface area contributed by atoms with Crippen LogP contribution in [0.1, 0.15) is 15.3 Å². The van der Waals surface area contributed by atoms with Crippen LogP contribution >= 0.6 is 54.8 Å². The van der Waals surface area contributed by atoms with E-state index in [4.69, 9.17) is 11.6 Å². The summed E-state index contributed by atoms with van der Waals surface area (Å²) < 4.78 is 2.21. The van der Waals surface area contributed by atoms with Crippen molar-refractivity contribution >= 4 is 60.5 Å². The van der Waals surface area contributed by atoms with Crippen LogP contribution in [-0.2, 0) is 6.54 Å². The highest BCUT2D eigenvalue weighted by Crippen LogP contribution is 2.31. The Morgan fingerprint density at radius 2 is 1.89 bits per heavy atom. The van der Waals surface area contributed by atoms with Gasteiger partial charge in [0.05, 0.1) is 5.69 Å². The quantitative estimate of drug-likeness (QED) is 0.641. The van der Waals surface area contributed by atoms with Crippen molar-refractivity contribution in [2.24, 2.45) is 0 Å². The number of rotatable bonds is 3. The zero-order valence-corrected chi connectivity index (χ0v) is 14.7. The highest BCUT2D eigenvalue weighted by Gasteiger charge is 2.06. The fourth-order valence-electron chi connectivity index (χ4n) is 1.57. The number of thiophene rings is 1. The summed E-state index contributed by atoms with van der Waals surface area (Å²) in [5.74, 6) is 0. The molecule has 0 saturated heterocycles. The molecule has 0 amide bonds. The standard InChI is InChI=1S/C13H12Br2ClNS/c1-7-3-11(15)13(5-12(7)16)17-6-9-4-10(14)8(2)18-9/h3-5,17H,6H2,1-2H3. The van der Waals surface area contributed by atoms with E-state index in [0.717, 1.165) is 27.3 Å². The maximum Gasteiger partial charge on any atom is 0.0502 e. The van der Waals surface area contributed by atoms with Crippen LogP contribution in [0.2, 0.25) is 5.02 Å². The van der Waals surface area contributed by atoms with Gasteiger partial charge in [-0.2, -0.15) is 0 Å². The van der Waals surface area contributed by atoms with E-state index in [1.165, 1.54) is 14.2 Å². The lowest BCUT2D eigenvalue weighted by Crippen LogP contribution is -1.98. The van der Waals surface area contributed by atoms with E-state index in [-0.39, 0.29) is 0 Å². The molecule has 1 heterocycles. The van der Waals surface area contributed by atoms with Gasteiger partial charge in [0.2, 0.25) is 0 Å². The zero-order chi connectivity index (χ0) is 13.3. The molecular weight excluding hydrogens is 397 g/mol. The predicted molar refractivity (Wildman–Crippen MR) is 88.0 cm³/mol. The van der Waals surface area contributed by atoms with Crippen molar-refractivity contribution in [3.05, 3.63) is 47.5 Å². The molecule has 2 rings (SSSR count). The van der Waals surface area contributed by atoms with Gasteiger partial charge in [0.15, 0.2) is 0 Å². The van der Waals surface area contributed by atoms with Crippen molar-refractivity contribution in [3.8, 4) is 0 Å². The minimum absolute atomic E-state index is 0.782. The van der Waals surface area contributed by atoms with E-state index in [2.05, 4.69) is 50.2 Å². The Hall–Kier alpha value is -0.0300. The number of aryl methyl sites for hydroxylation is 2. The summed E-state index contributed by atoms with van der Waals surface area (Å²) in [6.07, 6.45) is 0. The smallest absolute Gasteiger partial charge is 0.0502 e. The van der Waals surface area contributed by atoms with Gasteiger partial charge in [0, 0.05) is 30.3 Å². The van der Waals surface area contributed by atoms with Gasteiger partial charge >= 0.3 is 0 Å². The molecule has 0 unspecified atom stereocenters. The number of benzene rings is 1. The van der Waals surface area contributed by atoms with Crippen molar-refractivity contribution in [1.82, 2.24) is 0 Å². The molecule has 18 heavy (non-hydrogen) atoms. The van der Waals surface area contributed by atoms with E-state index in [9.17, 15) is 0 Å². The van der Waals surface area contributed by atoms with Crippen LogP contribution in [0.5, 0.6) is 0 Å². The van der Waals surface area contributed by atoms with Crippen LogP contribution in [0.15, 0.2) is 27.1 Å². The molecule has 5 heteroatoms. The highest BCUT2D eigenvalue weighted by molar-refractivity contribution is 9.11. The maximum absolute atomic E-state index is 6.13. The second-order valence-corrected chi connectivity index (χ2v) is 7.51. The van der Waals surface area contributed by atoms with Crippen molar-refractivity contribution < 1.29 is 0 Å². The topological polar surface area (TPSA) is 12.0 Å². The van der Waals surface area contributed by atoms with E-state index in [1.54, 1.807) is 11.3 Å². The molecule has 1 N–H and O–H groups in total.